The van der Waals surface area contributed by atoms with Gasteiger partial charge in [0.25, 0.3) is 5.91 Å². The first-order valence-electron chi connectivity index (χ1n) is 8.76. The van der Waals surface area contributed by atoms with Crippen molar-refractivity contribution in [2.24, 2.45) is 0 Å². The van der Waals surface area contributed by atoms with Crippen LogP contribution in [0.3, 0.4) is 0 Å². The van der Waals surface area contributed by atoms with Crippen molar-refractivity contribution in [3.8, 4) is 11.5 Å². The van der Waals surface area contributed by atoms with Crippen LogP contribution >= 0.6 is 0 Å². The van der Waals surface area contributed by atoms with Gasteiger partial charge in [0.15, 0.2) is 24.7 Å². The Morgan fingerprint density at radius 3 is 2.50 bits per heavy atom. The van der Waals surface area contributed by atoms with Crippen LogP contribution in [0.4, 0.5) is 0 Å². The molecule has 1 atom stereocenters. The second-order valence-electron chi connectivity index (χ2n) is 6.08. The van der Waals surface area contributed by atoms with Crippen LogP contribution in [-0.4, -0.2) is 32.2 Å². The Hall–Kier alpha value is -3.48. The van der Waals surface area contributed by atoms with E-state index >= 15 is 0 Å². The molecule has 1 heterocycles. The first-order chi connectivity index (χ1) is 13.6. The molecule has 0 saturated carbocycles. The third kappa shape index (κ3) is 4.82. The van der Waals surface area contributed by atoms with Crippen LogP contribution in [0.1, 0.15) is 18.7 Å². The average Bonchev–Trinajstić information content (AvgIpc) is 3.15. The summed E-state index contributed by atoms with van der Waals surface area (Å²) in [5, 5.41) is 3.69. The molecule has 3 rings (SSSR count). The first-order valence-corrected chi connectivity index (χ1v) is 8.76. The monoisotopic (exact) mass is 383 g/mol. The summed E-state index contributed by atoms with van der Waals surface area (Å²) in [6.07, 6.45) is 0. The largest absolute Gasteiger partial charge is 0.493 e. The molecule has 3 aromatic rings. The number of ether oxygens (including phenoxy) is 3. The standard InChI is InChI=1S/C21H21NO6/c1-14(19-11-15-7-3-4-8-16(15)28-19)22-20(23)12-27-21(24)13-26-18-10-6-5-9-17(18)25-2/h3-11,14H,12-13H2,1-2H3,(H,22,23)/t14-/m0/s1. The Bertz CT molecular complexity index is 931. The maximum Gasteiger partial charge on any atom is 0.344 e. The van der Waals surface area contributed by atoms with E-state index in [9.17, 15) is 9.59 Å². The number of hydrogen-bond donors (Lipinski definition) is 1. The molecule has 0 aliphatic rings. The van der Waals surface area contributed by atoms with Gasteiger partial charge in [-0.15, -0.1) is 0 Å². The molecule has 146 valence electrons. The van der Waals surface area contributed by atoms with E-state index in [1.165, 1.54) is 7.11 Å². The van der Waals surface area contributed by atoms with Crippen molar-refractivity contribution in [3.05, 3.63) is 60.4 Å². The molecule has 0 unspecified atom stereocenters. The first kappa shape index (κ1) is 19.3. The van der Waals surface area contributed by atoms with E-state index in [1.54, 1.807) is 31.2 Å². The van der Waals surface area contributed by atoms with Crippen LogP contribution in [0.5, 0.6) is 11.5 Å². The highest BCUT2D eigenvalue weighted by Gasteiger charge is 2.16. The average molecular weight is 383 g/mol. The molecule has 0 radical (unpaired) electrons. The number of fused-ring (bicyclic) bond motifs is 1. The molecule has 7 heteroatoms. The van der Waals surface area contributed by atoms with Crippen molar-refractivity contribution in [2.75, 3.05) is 20.3 Å². The summed E-state index contributed by atoms with van der Waals surface area (Å²) in [7, 11) is 1.51. The number of carbonyl (C=O) groups is 2. The topological polar surface area (TPSA) is 87.0 Å². The Labute approximate surface area is 162 Å². The summed E-state index contributed by atoms with van der Waals surface area (Å²) in [5.41, 5.74) is 0.749. The number of furan rings is 1. The van der Waals surface area contributed by atoms with Gasteiger partial charge in [0.05, 0.1) is 13.2 Å². The van der Waals surface area contributed by atoms with Gasteiger partial charge < -0.3 is 23.9 Å². The molecule has 0 saturated heterocycles. The normalized spacial score (nSPS) is 11.6. The van der Waals surface area contributed by atoms with E-state index in [0.29, 0.717) is 17.3 Å². The molecule has 1 aromatic heterocycles. The van der Waals surface area contributed by atoms with Gasteiger partial charge in [0.2, 0.25) is 0 Å². The number of carbonyl (C=O) groups excluding carboxylic acids is 2. The molecule has 1 N–H and O–H groups in total. The summed E-state index contributed by atoms with van der Waals surface area (Å²) < 4.78 is 21.2. The highest BCUT2D eigenvalue weighted by atomic mass is 16.6. The van der Waals surface area contributed by atoms with Crippen LogP contribution in [0.2, 0.25) is 0 Å². The number of para-hydroxylation sites is 3. The molecule has 0 spiro atoms. The zero-order valence-corrected chi connectivity index (χ0v) is 15.6. The van der Waals surface area contributed by atoms with Gasteiger partial charge in [0, 0.05) is 5.39 Å². The second-order valence-corrected chi connectivity index (χ2v) is 6.08. The number of amides is 1. The van der Waals surface area contributed by atoms with Crippen LogP contribution in [-0.2, 0) is 14.3 Å². The lowest BCUT2D eigenvalue weighted by molar-refractivity contribution is -0.150. The molecule has 7 nitrogen and oxygen atoms in total. The molecule has 1 amide bonds. The summed E-state index contributed by atoms with van der Waals surface area (Å²) in [4.78, 5) is 23.8. The SMILES string of the molecule is COc1ccccc1OCC(=O)OCC(=O)N[C@@H](C)c1cc2ccccc2o1. The fraction of sp³-hybridized carbons (Fsp3) is 0.238. The Kier molecular flexibility index (Phi) is 6.16. The number of methoxy groups -OCH3 is 1. The third-order valence-corrected chi connectivity index (χ3v) is 4.03. The van der Waals surface area contributed by atoms with Gasteiger partial charge >= 0.3 is 5.97 Å². The summed E-state index contributed by atoms with van der Waals surface area (Å²) >= 11 is 0. The minimum atomic E-state index is -0.655. The lowest BCUT2D eigenvalue weighted by atomic mass is 10.2. The molecule has 28 heavy (non-hydrogen) atoms. The summed E-state index contributed by atoms with van der Waals surface area (Å²) in [5.74, 6) is 0.467. The van der Waals surface area contributed by atoms with Crippen molar-refractivity contribution in [1.29, 1.82) is 0 Å². The summed E-state index contributed by atoms with van der Waals surface area (Å²) in [6.45, 7) is 1.06. The predicted molar refractivity (Wildman–Crippen MR) is 102 cm³/mol. The van der Waals surface area contributed by atoms with Crippen LogP contribution < -0.4 is 14.8 Å². The van der Waals surface area contributed by atoms with Crippen LogP contribution in [0.25, 0.3) is 11.0 Å². The van der Waals surface area contributed by atoms with E-state index in [1.807, 2.05) is 30.3 Å². The van der Waals surface area contributed by atoms with E-state index in [0.717, 1.165) is 11.0 Å². The Morgan fingerprint density at radius 1 is 1.04 bits per heavy atom. The maximum absolute atomic E-state index is 12.0. The quantitative estimate of drug-likeness (QED) is 0.601. The Balaban J connectivity index is 1.45. The minimum Gasteiger partial charge on any atom is -0.493 e. The van der Waals surface area contributed by atoms with Gasteiger partial charge in [-0.05, 0) is 31.2 Å². The van der Waals surface area contributed by atoms with Crippen molar-refractivity contribution < 1.29 is 28.2 Å². The molecular formula is C21H21NO6. The van der Waals surface area contributed by atoms with E-state index in [4.69, 9.17) is 18.6 Å². The zero-order valence-electron chi connectivity index (χ0n) is 15.6. The van der Waals surface area contributed by atoms with Gasteiger partial charge in [-0.3, -0.25) is 4.79 Å². The molecule has 2 aromatic carbocycles. The fourth-order valence-electron chi connectivity index (χ4n) is 2.63. The number of hydrogen-bond acceptors (Lipinski definition) is 6. The molecular weight excluding hydrogens is 362 g/mol. The highest BCUT2D eigenvalue weighted by Crippen LogP contribution is 2.25. The van der Waals surface area contributed by atoms with Gasteiger partial charge in [0.1, 0.15) is 11.3 Å². The van der Waals surface area contributed by atoms with Crippen LogP contribution in [0, 0.1) is 0 Å². The van der Waals surface area contributed by atoms with Gasteiger partial charge in [-0.25, -0.2) is 4.79 Å². The molecule has 0 aliphatic heterocycles. The maximum atomic E-state index is 12.0. The minimum absolute atomic E-state index is 0.327. The van der Waals surface area contributed by atoms with E-state index in [2.05, 4.69) is 5.32 Å². The van der Waals surface area contributed by atoms with Crippen LogP contribution in [0.15, 0.2) is 59.0 Å². The lowest BCUT2D eigenvalue weighted by Crippen LogP contribution is -2.31. The van der Waals surface area contributed by atoms with Crippen molar-refractivity contribution >= 4 is 22.8 Å². The van der Waals surface area contributed by atoms with Crippen molar-refractivity contribution in [3.63, 3.8) is 0 Å². The lowest BCUT2D eigenvalue weighted by Gasteiger charge is -2.12. The zero-order chi connectivity index (χ0) is 19.9. The number of benzene rings is 2. The summed E-state index contributed by atoms with van der Waals surface area (Å²) in [6, 6.07) is 16.0. The van der Waals surface area contributed by atoms with Gasteiger partial charge in [-0.2, -0.15) is 0 Å². The molecule has 0 bridgehead atoms. The van der Waals surface area contributed by atoms with E-state index in [-0.39, 0.29) is 12.6 Å². The van der Waals surface area contributed by atoms with Crippen molar-refractivity contribution in [1.82, 2.24) is 5.32 Å². The number of rotatable bonds is 8. The highest BCUT2D eigenvalue weighted by molar-refractivity contribution is 5.82. The van der Waals surface area contributed by atoms with Crippen molar-refractivity contribution in [2.45, 2.75) is 13.0 Å². The number of esters is 1. The molecule has 0 fully saturated rings. The second kappa shape index (κ2) is 8.94. The van der Waals surface area contributed by atoms with E-state index < -0.39 is 18.5 Å². The predicted octanol–water partition coefficient (Wildman–Crippen LogP) is 3.24. The third-order valence-electron chi connectivity index (χ3n) is 4.03. The smallest absolute Gasteiger partial charge is 0.344 e. The number of nitrogens with one attached hydrogen (secondary N) is 1. The fourth-order valence-corrected chi connectivity index (χ4v) is 2.63. The Morgan fingerprint density at radius 2 is 1.75 bits per heavy atom. The van der Waals surface area contributed by atoms with Gasteiger partial charge in [-0.1, -0.05) is 30.3 Å². The molecule has 0 aliphatic carbocycles.